The van der Waals surface area contributed by atoms with E-state index in [0.717, 1.165) is 16.3 Å². The smallest absolute Gasteiger partial charge is 0.367 e. The summed E-state index contributed by atoms with van der Waals surface area (Å²) in [7, 11) is 0. The van der Waals surface area contributed by atoms with Crippen LogP contribution in [0, 0.1) is 5.92 Å². The zero-order valence-electron chi connectivity index (χ0n) is 21.9. The highest BCUT2D eigenvalue weighted by atomic mass is 32.2. The van der Waals surface area contributed by atoms with Gasteiger partial charge in [0.1, 0.15) is 6.61 Å². The van der Waals surface area contributed by atoms with Crippen LogP contribution in [0.5, 0.6) is 0 Å². The molecule has 0 saturated carbocycles. The van der Waals surface area contributed by atoms with Gasteiger partial charge in [-0.2, -0.15) is 13.2 Å². The number of amides is 2. The second-order valence-corrected chi connectivity index (χ2v) is 10.6. The Bertz CT molecular complexity index is 1520. The number of rotatable bonds is 10. The number of alkyl halides is 3. The first-order chi connectivity index (χ1) is 19.7. The van der Waals surface area contributed by atoms with E-state index >= 15 is 0 Å². The Morgan fingerprint density at radius 2 is 1.80 bits per heavy atom. The summed E-state index contributed by atoms with van der Waals surface area (Å²) in [5, 5.41) is 10.1. The molecule has 1 aliphatic rings. The van der Waals surface area contributed by atoms with Gasteiger partial charge in [0.15, 0.2) is 5.82 Å². The molecule has 4 aromatic rings. The summed E-state index contributed by atoms with van der Waals surface area (Å²) in [6, 6.07) is 26.6. The van der Waals surface area contributed by atoms with Crippen molar-refractivity contribution in [1.29, 1.82) is 0 Å². The van der Waals surface area contributed by atoms with E-state index in [1.54, 1.807) is 40.7 Å². The van der Waals surface area contributed by atoms with Crippen molar-refractivity contribution in [3.63, 3.8) is 0 Å². The number of hydrogen-bond donors (Lipinski definition) is 2. The molecular weight excluding hydrogens is 553 g/mol. The maximum atomic E-state index is 12.8. The number of carbonyl (C=O) groups excluding carboxylic acids is 2. The second kappa shape index (κ2) is 12.6. The molecule has 3 aromatic carbocycles. The summed E-state index contributed by atoms with van der Waals surface area (Å²) >= 11 is 1.67. The number of benzene rings is 3. The number of carbonyl (C=O) groups is 2. The van der Waals surface area contributed by atoms with Crippen LogP contribution in [0.15, 0.2) is 89.8 Å². The first-order valence-corrected chi connectivity index (χ1v) is 13.9. The van der Waals surface area contributed by atoms with E-state index in [0.29, 0.717) is 22.6 Å². The average molecular weight is 581 g/mol. The van der Waals surface area contributed by atoms with Gasteiger partial charge < -0.3 is 15.4 Å². The van der Waals surface area contributed by atoms with Gasteiger partial charge in [0.2, 0.25) is 11.8 Å². The lowest BCUT2D eigenvalue weighted by Crippen LogP contribution is -2.24. The van der Waals surface area contributed by atoms with Crippen molar-refractivity contribution in [3.05, 3.63) is 96.1 Å². The van der Waals surface area contributed by atoms with E-state index in [-0.39, 0.29) is 31.4 Å². The lowest BCUT2D eigenvalue weighted by molar-refractivity contribution is -0.176. The fourth-order valence-electron chi connectivity index (χ4n) is 4.41. The van der Waals surface area contributed by atoms with E-state index in [1.807, 2.05) is 48.5 Å². The highest BCUT2D eigenvalue weighted by Crippen LogP contribution is 2.30. The number of anilines is 1. The SMILES string of the molecule is O=C1C[C@H](C(=O)Nc2cc(-c3cccc(COCC(F)(F)F)c3)n(-c3cccc(SCc4ccccc4)c3)n2)CN1. The number of nitrogens with zero attached hydrogens (tertiary/aromatic N) is 2. The maximum Gasteiger partial charge on any atom is 0.411 e. The largest absolute Gasteiger partial charge is 0.411 e. The molecule has 2 N–H and O–H groups in total. The van der Waals surface area contributed by atoms with Crippen LogP contribution in [-0.2, 0) is 26.7 Å². The number of hydrogen-bond acceptors (Lipinski definition) is 5. The van der Waals surface area contributed by atoms with Crippen LogP contribution in [0.3, 0.4) is 0 Å². The molecule has 0 unspecified atom stereocenters. The molecule has 0 bridgehead atoms. The molecule has 7 nitrogen and oxygen atoms in total. The summed E-state index contributed by atoms with van der Waals surface area (Å²) in [6.45, 7) is -1.28. The minimum atomic E-state index is -4.41. The molecule has 11 heteroatoms. The monoisotopic (exact) mass is 580 g/mol. The van der Waals surface area contributed by atoms with Gasteiger partial charge in [-0.05, 0) is 35.4 Å². The number of nitrogens with one attached hydrogen (secondary N) is 2. The molecule has 41 heavy (non-hydrogen) atoms. The highest BCUT2D eigenvalue weighted by molar-refractivity contribution is 7.98. The zero-order chi connectivity index (χ0) is 28.8. The molecule has 2 heterocycles. The Morgan fingerprint density at radius 1 is 1.02 bits per heavy atom. The van der Waals surface area contributed by atoms with Gasteiger partial charge in [0, 0.05) is 35.2 Å². The Balaban J connectivity index is 1.43. The third kappa shape index (κ3) is 7.77. The quantitative estimate of drug-likeness (QED) is 0.225. The fourth-order valence-corrected chi connectivity index (χ4v) is 5.32. The summed E-state index contributed by atoms with van der Waals surface area (Å²) in [4.78, 5) is 25.4. The zero-order valence-corrected chi connectivity index (χ0v) is 22.7. The van der Waals surface area contributed by atoms with Gasteiger partial charge in [0.05, 0.1) is 23.9 Å². The van der Waals surface area contributed by atoms with E-state index in [2.05, 4.69) is 27.9 Å². The molecule has 0 radical (unpaired) electrons. The third-order valence-corrected chi connectivity index (χ3v) is 7.44. The summed E-state index contributed by atoms with van der Waals surface area (Å²) in [5.74, 6) is 0.0891. The Labute approximate surface area is 239 Å². The Hall–Kier alpha value is -4.09. The van der Waals surface area contributed by atoms with Gasteiger partial charge in [-0.15, -0.1) is 16.9 Å². The normalized spacial score (nSPS) is 15.1. The molecule has 5 rings (SSSR count). The topological polar surface area (TPSA) is 85.2 Å². The summed E-state index contributed by atoms with van der Waals surface area (Å²) < 4.78 is 44.3. The van der Waals surface area contributed by atoms with Crippen LogP contribution >= 0.6 is 11.8 Å². The first kappa shape index (κ1) is 28.4. The van der Waals surface area contributed by atoms with Crippen molar-refractivity contribution < 1.29 is 27.5 Å². The van der Waals surface area contributed by atoms with Crippen LogP contribution in [0.1, 0.15) is 17.5 Å². The molecule has 1 aromatic heterocycles. The van der Waals surface area contributed by atoms with Gasteiger partial charge >= 0.3 is 6.18 Å². The van der Waals surface area contributed by atoms with Crippen molar-refractivity contribution in [2.75, 3.05) is 18.5 Å². The van der Waals surface area contributed by atoms with E-state index in [9.17, 15) is 22.8 Å². The van der Waals surface area contributed by atoms with Crippen molar-refractivity contribution in [1.82, 2.24) is 15.1 Å². The second-order valence-electron chi connectivity index (χ2n) is 9.60. The molecular formula is C30H27F3N4O3S. The Kier molecular flexibility index (Phi) is 8.75. The predicted molar refractivity (Wildman–Crippen MR) is 150 cm³/mol. The molecule has 0 aliphatic carbocycles. The molecule has 0 spiro atoms. The molecule has 1 fully saturated rings. The molecule has 2 amide bonds. The first-order valence-electron chi connectivity index (χ1n) is 12.9. The number of thioether (sulfide) groups is 1. The van der Waals surface area contributed by atoms with Crippen molar-refractivity contribution in [2.45, 2.75) is 29.9 Å². The minimum Gasteiger partial charge on any atom is -0.367 e. The Morgan fingerprint density at radius 3 is 2.56 bits per heavy atom. The number of halogens is 3. The fraction of sp³-hybridized carbons (Fsp3) is 0.233. The minimum absolute atomic E-state index is 0.111. The summed E-state index contributed by atoms with van der Waals surface area (Å²) in [6.07, 6.45) is -4.30. The lowest BCUT2D eigenvalue weighted by Gasteiger charge is -2.11. The molecule has 1 aliphatic heterocycles. The number of aromatic nitrogens is 2. The van der Waals surface area contributed by atoms with Gasteiger partial charge in [-0.3, -0.25) is 9.59 Å². The van der Waals surface area contributed by atoms with Crippen molar-refractivity contribution >= 4 is 29.4 Å². The van der Waals surface area contributed by atoms with Crippen molar-refractivity contribution in [2.24, 2.45) is 5.92 Å². The van der Waals surface area contributed by atoms with Gasteiger partial charge in [-0.25, -0.2) is 4.68 Å². The molecule has 212 valence electrons. The van der Waals surface area contributed by atoms with Crippen LogP contribution in [0.4, 0.5) is 19.0 Å². The highest BCUT2D eigenvalue weighted by Gasteiger charge is 2.29. The summed E-state index contributed by atoms with van der Waals surface area (Å²) in [5.41, 5.74) is 3.81. The van der Waals surface area contributed by atoms with Gasteiger partial charge in [-0.1, -0.05) is 54.6 Å². The molecule has 1 saturated heterocycles. The van der Waals surface area contributed by atoms with E-state index < -0.39 is 18.7 Å². The van der Waals surface area contributed by atoms with E-state index in [1.165, 1.54) is 5.56 Å². The van der Waals surface area contributed by atoms with Crippen LogP contribution in [0.2, 0.25) is 0 Å². The maximum absolute atomic E-state index is 12.8. The van der Waals surface area contributed by atoms with Crippen LogP contribution < -0.4 is 10.6 Å². The third-order valence-electron chi connectivity index (χ3n) is 6.38. The van der Waals surface area contributed by atoms with Crippen LogP contribution in [0.25, 0.3) is 16.9 Å². The standard InChI is InChI=1S/C30H27F3N4O3S/c31-30(32,33)19-40-17-21-8-4-9-22(12-21)26-15-27(35-29(39)23-13-28(38)34-16-23)36-37(26)24-10-5-11-25(14-24)41-18-20-6-2-1-3-7-20/h1-12,14-15,23H,13,16-19H2,(H,34,38)(H,35,36,39)/t23-/m0/s1. The van der Waals surface area contributed by atoms with Crippen molar-refractivity contribution in [3.8, 4) is 16.9 Å². The van der Waals surface area contributed by atoms with Gasteiger partial charge in [0.25, 0.3) is 0 Å². The van der Waals surface area contributed by atoms with E-state index in [4.69, 9.17) is 4.74 Å². The lowest BCUT2D eigenvalue weighted by atomic mass is 10.1. The molecule has 1 atom stereocenters. The average Bonchev–Trinajstić information content (AvgIpc) is 3.59. The predicted octanol–water partition coefficient (Wildman–Crippen LogP) is 5.99. The number of ether oxygens (including phenoxy) is 1. The van der Waals surface area contributed by atoms with Crippen LogP contribution in [-0.4, -0.2) is 40.9 Å².